The van der Waals surface area contributed by atoms with Crippen molar-refractivity contribution < 1.29 is 13.6 Å². The maximum Gasteiger partial charge on any atom is 0.322 e. The monoisotopic (exact) mass is 219 g/mol. The minimum atomic E-state index is -2.75. The van der Waals surface area contributed by atoms with Crippen molar-refractivity contribution in [1.82, 2.24) is 4.90 Å². The minimum absolute atomic E-state index is 0.291. The Morgan fingerprint density at radius 3 is 2.87 bits per heavy atom. The van der Waals surface area contributed by atoms with Gasteiger partial charge in [-0.15, -0.1) is 0 Å². The van der Waals surface area contributed by atoms with Gasteiger partial charge in [-0.1, -0.05) is 0 Å². The van der Waals surface area contributed by atoms with Gasteiger partial charge >= 0.3 is 5.97 Å². The maximum absolute atomic E-state index is 11.2. The standard InChI is InChI=1S/C9H20N4O2/c1-13(2)9(11)12-6-4-5-7(10)8(14)15-3/h7H,4-6,10H2,1-3H3,(H2,11,12)/t7-/m1/s1/i3D3. The second kappa shape index (κ2) is 7.05. The highest BCUT2D eigenvalue weighted by Gasteiger charge is 2.12. The number of aliphatic imine (C=N–C) groups is 1. The van der Waals surface area contributed by atoms with Gasteiger partial charge in [-0.2, -0.15) is 0 Å². The third-order valence-electron chi connectivity index (χ3n) is 1.81. The SMILES string of the molecule is [2H]C([2H])([2H])OC(=O)[C@H](N)CCCN=C(N)N(C)C. The van der Waals surface area contributed by atoms with Crippen molar-refractivity contribution in [2.45, 2.75) is 18.9 Å². The quantitative estimate of drug-likeness (QED) is 0.272. The Hall–Kier alpha value is -1.30. The van der Waals surface area contributed by atoms with E-state index in [1.807, 2.05) is 0 Å². The first kappa shape index (κ1) is 8.96. The molecule has 0 aromatic heterocycles. The highest BCUT2D eigenvalue weighted by atomic mass is 16.5. The lowest BCUT2D eigenvalue weighted by Crippen LogP contribution is -2.32. The number of esters is 1. The lowest BCUT2D eigenvalue weighted by atomic mass is 10.2. The molecule has 0 saturated heterocycles. The average Bonchev–Trinajstić information content (AvgIpc) is 2.20. The number of hydrogen-bond donors (Lipinski definition) is 2. The second-order valence-electron chi connectivity index (χ2n) is 3.30. The topological polar surface area (TPSA) is 93.9 Å². The highest BCUT2D eigenvalue weighted by molar-refractivity contribution is 5.77. The Balaban J connectivity index is 3.94. The summed E-state index contributed by atoms with van der Waals surface area (Å²) in [6, 6.07) is -0.957. The van der Waals surface area contributed by atoms with Gasteiger partial charge in [0.1, 0.15) is 6.04 Å². The van der Waals surface area contributed by atoms with Crippen LogP contribution in [0.5, 0.6) is 0 Å². The molecule has 0 heterocycles. The molecule has 6 nitrogen and oxygen atoms in total. The van der Waals surface area contributed by atoms with Gasteiger partial charge in [-0.3, -0.25) is 9.79 Å². The van der Waals surface area contributed by atoms with E-state index in [2.05, 4.69) is 9.73 Å². The van der Waals surface area contributed by atoms with Gasteiger partial charge in [-0.05, 0) is 12.8 Å². The molecule has 0 rings (SSSR count). The smallest absolute Gasteiger partial charge is 0.322 e. The average molecular weight is 219 g/mol. The molecule has 0 amide bonds. The van der Waals surface area contributed by atoms with Crippen LogP contribution in [0.15, 0.2) is 4.99 Å². The molecule has 0 unspecified atom stereocenters. The van der Waals surface area contributed by atoms with Crippen molar-refractivity contribution in [3.63, 3.8) is 0 Å². The summed E-state index contributed by atoms with van der Waals surface area (Å²) in [7, 11) is 0.777. The van der Waals surface area contributed by atoms with E-state index in [9.17, 15) is 4.79 Å². The number of carbonyl (C=O) groups is 1. The molecule has 0 radical (unpaired) electrons. The van der Waals surface area contributed by atoms with Crippen LogP contribution in [0, 0.1) is 0 Å². The molecule has 88 valence electrons. The Labute approximate surface area is 94.5 Å². The van der Waals surface area contributed by atoms with Crippen LogP contribution in [-0.4, -0.2) is 50.5 Å². The summed E-state index contributed by atoms with van der Waals surface area (Å²) in [6.07, 6.45) is 0.810. The Bertz CT molecular complexity index is 305. The van der Waals surface area contributed by atoms with Crippen LogP contribution >= 0.6 is 0 Å². The van der Waals surface area contributed by atoms with E-state index in [4.69, 9.17) is 15.6 Å². The first-order chi connectivity index (χ1) is 8.13. The van der Waals surface area contributed by atoms with Crippen LogP contribution < -0.4 is 11.5 Å². The van der Waals surface area contributed by atoms with Gasteiger partial charge in [0.15, 0.2) is 5.96 Å². The van der Waals surface area contributed by atoms with Crippen molar-refractivity contribution in [2.75, 3.05) is 27.7 Å². The van der Waals surface area contributed by atoms with Crippen LogP contribution in [0.2, 0.25) is 0 Å². The summed E-state index contributed by atoms with van der Waals surface area (Å²) in [5.41, 5.74) is 11.0. The molecule has 0 bridgehead atoms. The molecule has 4 N–H and O–H groups in total. The summed E-state index contributed by atoms with van der Waals surface area (Å²) in [4.78, 5) is 16.9. The van der Waals surface area contributed by atoms with E-state index in [1.165, 1.54) is 0 Å². The number of methoxy groups -OCH3 is 1. The summed E-state index contributed by atoms with van der Waals surface area (Å²) in [5, 5.41) is 0. The molecule has 6 heteroatoms. The van der Waals surface area contributed by atoms with E-state index in [1.54, 1.807) is 19.0 Å². The number of guanidine groups is 1. The van der Waals surface area contributed by atoms with Crippen LogP contribution in [0.4, 0.5) is 0 Å². The lowest BCUT2D eigenvalue weighted by Gasteiger charge is -2.11. The molecular weight excluding hydrogens is 196 g/mol. The number of carbonyl (C=O) groups excluding carboxylic acids is 1. The number of nitrogens with two attached hydrogens (primary N) is 2. The minimum Gasteiger partial charge on any atom is -0.468 e. The molecule has 15 heavy (non-hydrogen) atoms. The van der Waals surface area contributed by atoms with Crippen molar-refractivity contribution in [3.05, 3.63) is 0 Å². The molecule has 0 aliphatic heterocycles. The number of ether oxygens (including phenoxy) is 1. The van der Waals surface area contributed by atoms with Gasteiger partial charge in [0, 0.05) is 20.6 Å². The Morgan fingerprint density at radius 2 is 2.33 bits per heavy atom. The predicted octanol–water partition coefficient (Wildman–Crippen LogP) is -0.857. The van der Waals surface area contributed by atoms with E-state index in [0.717, 1.165) is 0 Å². The molecule has 0 aliphatic carbocycles. The van der Waals surface area contributed by atoms with Crippen molar-refractivity contribution in [1.29, 1.82) is 0 Å². The molecule has 0 spiro atoms. The predicted molar refractivity (Wildman–Crippen MR) is 59.4 cm³/mol. The van der Waals surface area contributed by atoms with Crippen LogP contribution in [0.25, 0.3) is 0 Å². The fourth-order valence-corrected chi connectivity index (χ4v) is 0.840. The van der Waals surface area contributed by atoms with Gasteiger partial charge in [0.2, 0.25) is 0 Å². The molecule has 0 aliphatic rings. The fourth-order valence-electron chi connectivity index (χ4n) is 0.840. The molecule has 0 aromatic rings. The van der Waals surface area contributed by atoms with Crippen LogP contribution in [-0.2, 0) is 9.53 Å². The van der Waals surface area contributed by atoms with E-state index >= 15 is 0 Å². The molecular formula is C9H20N4O2. The van der Waals surface area contributed by atoms with Gasteiger partial charge in [-0.25, -0.2) is 0 Å². The Morgan fingerprint density at radius 1 is 1.67 bits per heavy atom. The number of hydrogen-bond acceptors (Lipinski definition) is 4. The highest BCUT2D eigenvalue weighted by Crippen LogP contribution is 1.97. The lowest BCUT2D eigenvalue weighted by molar-refractivity contribution is -0.142. The van der Waals surface area contributed by atoms with Crippen LogP contribution in [0.3, 0.4) is 0 Å². The van der Waals surface area contributed by atoms with E-state index in [0.29, 0.717) is 25.3 Å². The molecule has 0 fully saturated rings. The van der Waals surface area contributed by atoms with Gasteiger partial charge in [0.05, 0.1) is 11.2 Å². The largest absolute Gasteiger partial charge is 0.468 e. The zero-order valence-corrected chi connectivity index (χ0v) is 9.06. The zero-order valence-electron chi connectivity index (χ0n) is 12.1. The first-order valence-electron chi connectivity index (χ1n) is 6.09. The molecule has 0 saturated carbocycles. The summed E-state index contributed by atoms with van der Waals surface area (Å²) < 4.78 is 24.5. The zero-order chi connectivity index (χ0) is 14.3. The van der Waals surface area contributed by atoms with Crippen LogP contribution in [0.1, 0.15) is 17.0 Å². The van der Waals surface area contributed by atoms with Gasteiger partial charge in [0.25, 0.3) is 0 Å². The van der Waals surface area contributed by atoms with Crippen molar-refractivity contribution in [2.24, 2.45) is 16.5 Å². The maximum atomic E-state index is 11.2. The molecule has 0 aromatic carbocycles. The Kier molecular flexibility index (Phi) is 4.22. The third-order valence-corrected chi connectivity index (χ3v) is 1.81. The molecule has 1 atom stereocenters. The number of nitrogens with zero attached hydrogens (tertiary/aromatic N) is 2. The fraction of sp³-hybridized carbons (Fsp3) is 0.778. The third kappa shape index (κ3) is 5.90. The normalized spacial score (nSPS) is 17.3. The van der Waals surface area contributed by atoms with Crippen molar-refractivity contribution >= 4 is 11.9 Å². The summed E-state index contributed by atoms with van der Waals surface area (Å²) in [5.74, 6) is -0.548. The second-order valence-corrected chi connectivity index (χ2v) is 3.30. The number of rotatable bonds is 5. The summed E-state index contributed by atoms with van der Waals surface area (Å²) >= 11 is 0. The van der Waals surface area contributed by atoms with E-state index in [-0.39, 0.29) is 0 Å². The van der Waals surface area contributed by atoms with E-state index < -0.39 is 19.0 Å². The first-order valence-corrected chi connectivity index (χ1v) is 4.59. The van der Waals surface area contributed by atoms with Gasteiger partial charge < -0.3 is 21.1 Å². The summed E-state index contributed by atoms with van der Waals surface area (Å²) in [6.45, 7) is 0.415. The van der Waals surface area contributed by atoms with Crippen molar-refractivity contribution in [3.8, 4) is 0 Å².